The van der Waals surface area contributed by atoms with E-state index in [2.05, 4.69) is 17.2 Å². The maximum absolute atomic E-state index is 14.0. The van der Waals surface area contributed by atoms with Crippen LogP contribution in [0.4, 0.5) is 10.5 Å². The van der Waals surface area contributed by atoms with Gasteiger partial charge in [-0.05, 0) is 81.9 Å². The Morgan fingerprint density at radius 3 is 2.32 bits per heavy atom. The van der Waals surface area contributed by atoms with Crippen molar-refractivity contribution in [2.24, 2.45) is 0 Å². The molecule has 2 aromatic carbocycles. The number of anilines is 1. The summed E-state index contributed by atoms with van der Waals surface area (Å²) in [6, 6.07) is 9.88. The quantitative estimate of drug-likeness (QED) is 0.331. The highest BCUT2D eigenvalue weighted by Gasteiger charge is 2.36. The van der Waals surface area contributed by atoms with Crippen LogP contribution < -0.4 is 10.6 Å². The Balaban J connectivity index is 2.53. The van der Waals surface area contributed by atoms with Gasteiger partial charge in [-0.2, -0.15) is 11.8 Å². The summed E-state index contributed by atoms with van der Waals surface area (Å²) in [4.78, 5) is 41.8. The van der Waals surface area contributed by atoms with E-state index in [1.807, 2.05) is 38.3 Å². The maximum atomic E-state index is 14.0. The highest BCUT2D eigenvalue weighted by Crippen LogP contribution is 2.29. The van der Waals surface area contributed by atoms with E-state index in [4.69, 9.17) is 4.74 Å². The minimum Gasteiger partial charge on any atom is -0.508 e. The summed E-state index contributed by atoms with van der Waals surface area (Å²) in [5, 5.41) is 15.9. The Labute approximate surface area is 229 Å². The van der Waals surface area contributed by atoms with Crippen molar-refractivity contribution < 1.29 is 24.2 Å². The molecule has 3 amide bonds. The smallest absolute Gasteiger partial charge is 0.408 e. The van der Waals surface area contributed by atoms with Gasteiger partial charge in [0.05, 0.1) is 0 Å². The predicted molar refractivity (Wildman–Crippen MR) is 153 cm³/mol. The molecular weight excluding hydrogens is 502 g/mol. The van der Waals surface area contributed by atoms with Crippen molar-refractivity contribution >= 4 is 35.4 Å². The highest BCUT2D eigenvalue weighted by atomic mass is 32.2. The maximum Gasteiger partial charge on any atom is 0.408 e. The highest BCUT2D eigenvalue weighted by molar-refractivity contribution is 7.98. The molecule has 0 bridgehead atoms. The molecule has 2 atom stereocenters. The number of nitrogens with zero attached hydrogens (tertiary/aromatic N) is 1. The molecule has 206 valence electrons. The number of amides is 3. The van der Waals surface area contributed by atoms with E-state index in [1.54, 1.807) is 32.9 Å². The second-order valence-corrected chi connectivity index (χ2v) is 11.0. The number of alkyl carbamates (subject to hydrolysis) is 1. The monoisotopic (exact) mass is 541 g/mol. The van der Waals surface area contributed by atoms with E-state index in [0.29, 0.717) is 23.4 Å². The van der Waals surface area contributed by atoms with Gasteiger partial charge >= 0.3 is 6.09 Å². The molecule has 0 spiro atoms. The third-order valence-corrected chi connectivity index (χ3v) is 6.33. The molecule has 0 heterocycles. The first kappa shape index (κ1) is 30.8. The van der Waals surface area contributed by atoms with E-state index in [9.17, 15) is 19.5 Å². The molecule has 3 N–H and O–H groups in total. The zero-order chi connectivity index (χ0) is 28.5. The standard InChI is InChI=1S/C29H39N3O5S/c1-8-16-32(27(35)23(15-17-38-7)30-28(36)37-29(4,5)6)25(21-13-10-14-22(33)18-21)26(34)31-24-19(2)11-9-12-20(24)3/h8-14,18,23,25,33H,1,15-17H2,2-7H3,(H,30,36)(H,31,34). The summed E-state index contributed by atoms with van der Waals surface area (Å²) >= 11 is 1.54. The number of carbonyl (C=O) groups excluding carboxylic acids is 3. The molecule has 0 saturated heterocycles. The van der Waals surface area contributed by atoms with Crippen molar-refractivity contribution in [3.63, 3.8) is 0 Å². The number of rotatable bonds is 11. The van der Waals surface area contributed by atoms with Gasteiger partial charge in [-0.1, -0.05) is 36.4 Å². The first-order valence-electron chi connectivity index (χ1n) is 12.4. The average molecular weight is 542 g/mol. The van der Waals surface area contributed by atoms with E-state index in [-0.39, 0.29) is 12.3 Å². The fourth-order valence-electron chi connectivity index (χ4n) is 3.98. The summed E-state index contributed by atoms with van der Waals surface area (Å²) in [6.45, 7) is 12.8. The third-order valence-electron chi connectivity index (χ3n) is 5.68. The van der Waals surface area contributed by atoms with Gasteiger partial charge in [0.25, 0.3) is 5.91 Å². The number of hydrogen-bond acceptors (Lipinski definition) is 6. The number of carbonyl (C=O) groups is 3. The van der Waals surface area contributed by atoms with Crippen molar-refractivity contribution in [1.29, 1.82) is 0 Å². The number of benzene rings is 2. The lowest BCUT2D eigenvalue weighted by molar-refractivity contribution is -0.140. The van der Waals surface area contributed by atoms with Crippen molar-refractivity contribution in [3.8, 4) is 5.75 Å². The summed E-state index contributed by atoms with van der Waals surface area (Å²) in [6.07, 6.45) is 3.05. The number of aryl methyl sites for hydroxylation is 2. The molecule has 0 fully saturated rings. The van der Waals surface area contributed by atoms with Gasteiger partial charge < -0.3 is 25.4 Å². The van der Waals surface area contributed by atoms with E-state index in [0.717, 1.165) is 11.1 Å². The van der Waals surface area contributed by atoms with Crippen LogP contribution in [0.5, 0.6) is 5.75 Å². The lowest BCUT2D eigenvalue weighted by Gasteiger charge is -2.34. The van der Waals surface area contributed by atoms with Crippen LogP contribution in [0.1, 0.15) is 49.9 Å². The van der Waals surface area contributed by atoms with Crippen molar-refractivity contribution in [2.45, 2.75) is 58.7 Å². The SMILES string of the molecule is C=CCN(C(=O)C(CCSC)NC(=O)OC(C)(C)C)C(C(=O)Nc1c(C)cccc1C)c1cccc(O)c1. The van der Waals surface area contributed by atoms with E-state index in [1.165, 1.54) is 34.9 Å². The first-order chi connectivity index (χ1) is 17.9. The molecule has 0 aromatic heterocycles. The molecule has 9 heteroatoms. The van der Waals surface area contributed by atoms with Crippen molar-refractivity contribution in [1.82, 2.24) is 10.2 Å². The third kappa shape index (κ3) is 8.83. The Morgan fingerprint density at radius 2 is 1.76 bits per heavy atom. The Hall–Kier alpha value is -3.46. The van der Waals surface area contributed by atoms with Crippen LogP contribution in [-0.2, 0) is 14.3 Å². The van der Waals surface area contributed by atoms with Gasteiger partial charge in [0.1, 0.15) is 23.4 Å². The molecule has 0 aliphatic rings. The van der Waals surface area contributed by atoms with Crippen LogP contribution in [0.3, 0.4) is 0 Å². The Kier molecular flexibility index (Phi) is 11.3. The second kappa shape index (κ2) is 13.9. The summed E-state index contributed by atoms with van der Waals surface area (Å²) in [5.74, 6) is -0.359. The predicted octanol–water partition coefficient (Wildman–Crippen LogP) is 5.35. The number of phenolic OH excluding ortho intramolecular Hbond substituents is 1. The van der Waals surface area contributed by atoms with Crippen molar-refractivity contribution in [2.75, 3.05) is 23.9 Å². The van der Waals surface area contributed by atoms with Crippen LogP contribution in [0.2, 0.25) is 0 Å². The van der Waals surface area contributed by atoms with Crippen LogP contribution in [0.25, 0.3) is 0 Å². The minimum absolute atomic E-state index is 0.0328. The second-order valence-electron chi connectivity index (χ2n) is 10.0. The number of thioether (sulfide) groups is 1. The van der Waals surface area contributed by atoms with Gasteiger partial charge in [0.2, 0.25) is 5.91 Å². The molecule has 0 aliphatic carbocycles. The zero-order valence-electron chi connectivity index (χ0n) is 23.0. The number of ether oxygens (including phenoxy) is 1. The number of para-hydroxylation sites is 1. The largest absolute Gasteiger partial charge is 0.508 e. The molecule has 2 unspecified atom stereocenters. The molecule has 8 nitrogen and oxygen atoms in total. The molecule has 2 aromatic rings. The number of phenols is 1. The number of aromatic hydroxyl groups is 1. The van der Waals surface area contributed by atoms with Crippen molar-refractivity contribution in [3.05, 3.63) is 71.8 Å². The number of nitrogens with one attached hydrogen (secondary N) is 2. The molecule has 0 radical (unpaired) electrons. The zero-order valence-corrected chi connectivity index (χ0v) is 23.9. The summed E-state index contributed by atoms with van der Waals surface area (Å²) in [5.41, 5.74) is 2.08. The minimum atomic E-state index is -1.11. The normalized spacial score (nSPS) is 12.7. The van der Waals surface area contributed by atoms with E-state index < -0.39 is 35.6 Å². The fourth-order valence-corrected chi connectivity index (χ4v) is 4.45. The molecule has 38 heavy (non-hydrogen) atoms. The molecule has 0 saturated carbocycles. The fraction of sp³-hybridized carbons (Fsp3) is 0.414. The van der Waals surface area contributed by atoms with Gasteiger partial charge in [-0.25, -0.2) is 4.79 Å². The van der Waals surface area contributed by atoms with Gasteiger partial charge in [-0.15, -0.1) is 6.58 Å². The molecule has 2 rings (SSSR count). The lowest BCUT2D eigenvalue weighted by atomic mass is 10.0. The lowest BCUT2D eigenvalue weighted by Crippen LogP contribution is -2.52. The van der Waals surface area contributed by atoms with Crippen LogP contribution in [0.15, 0.2) is 55.1 Å². The van der Waals surface area contributed by atoms with E-state index >= 15 is 0 Å². The topological polar surface area (TPSA) is 108 Å². The van der Waals surface area contributed by atoms with Gasteiger partial charge in [0.15, 0.2) is 0 Å². The Bertz CT molecular complexity index is 1130. The van der Waals surface area contributed by atoms with Gasteiger partial charge in [-0.3, -0.25) is 9.59 Å². The summed E-state index contributed by atoms with van der Waals surface area (Å²) in [7, 11) is 0. The average Bonchev–Trinajstić information content (AvgIpc) is 2.82. The summed E-state index contributed by atoms with van der Waals surface area (Å²) < 4.78 is 5.39. The van der Waals surface area contributed by atoms with Crippen LogP contribution in [0, 0.1) is 13.8 Å². The molecule has 0 aliphatic heterocycles. The molecular formula is C29H39N3O5S. The van der Waals surface area contributed by atoms with Gasteiger partial charge in [0, 0.05) is 12.2 Å². The number of hydrogen-bond donors (Lipinski definition) is 3. The first-order valence-corrected chi connectivity index (χ1v) is 13.8. The van der Waals surface area contributed by atoms with Crippen LogP contribution >= 0.6 is 11.8 Å². The Morgan fingerprint density at radius 1 is 1.13 bits per heavy atom. The van der Waals surface area contributed by atoms with Crippen LogP contribution in [-0.4, -0.2) is 58.1 Å².